The number of rotatable bonds is 14. The lowest BCUT2D eigenvalue weighted by Gasteiger charge is -2.12. The molecule has 0 bridgehead atoms. The lowest BCUT2D eigenvalue weighted by atomic mass is 10.2. The van der Waals surface area contributed by atoms with Gasteiger partial charge in [-0.3, -0.25) is 4.99 Å². The maximum atomic E-state index is 5.63. The van der Waals surface area contributed by atoms with Crippen molar-refractivity contribution >= 4 is 5.96 Å². The van der Waals surface area contributed by atoms with Gasteiger partial charge in [-0.15, -0.1) is 0 Å². The zero-order valence-corrected chi connectivity index (χ0v) is 15.6. The third kappa shape index (κ3) is 12.4. The third-order valence-electron chi connectivity index (χ3n) is 3.43. The minimum atomic E-state index is 0.626. The molecule has 0 radical (unpaired) electrons. The van der Waals surface area contributed by atoms with Crippen LogP contribution in [0.3, 0.4) is 0 Å². The Morgan fingerprint density at radius 3 is 2.16 bits per heavy atom. The van der Waals surface area contributed by atoms with E-state index in [1.807, 2.05) is 18.2 Å². The zero-order valence-electron chi connectivity index (χ0n) is 15.6. The van der Waals surface area contributed by atoms with Crippen LogP contribution in [0.25, 0.3) is 0 Å². The van der Waals surface area contributed by atoms with Gasteiger partial charge < -0.3 is 24.8 Å². The molecule has 0 saturated heterocycles. The summed E-state index contributed by atoms with van der Waals surface area (Å²) in [7, 11) is 1.75. The number of guanidine groups is 1. The molecule has 0 aliphatic heterocycles. The molecule has 0 spiro atoms. The molecule has 0 aliphatic carbocycles. The van der Waals surface area contributed by atoms with Gasteiger partial charge in [0.05, 0.1) is 33.0 Å². The first-order chi connectivity index (χ1) is 12.4. The van der Waals surface area contributed by atoms with Gasteiger partial charge >= 0.3 is 0 Å². The Bertz CT molecular complexity index is 441. The highest BCUT2D eigenvalue weighted by molar-refractivity contribution is 5.79. The SMILES string of the molecule is CCCCOCCOCCNC(=NC)NCCOCc1ccccc1. The van der Waals surface area contributed by atoms with Gasteiger partial charge in [0.25, 0.3) is 0 Å². The highest BCUT2D eigenvalue weighted by Crippen LogP contribution is 1.99. The molecule has 25 heavy (non-hydrogen) atoms. The molecule has 0 unspecified atom stereocenters. The number of hydrogen-bond donors (Lipinski definition) is 2. The number of unbranched alkanes of at least 4 members (excludes halogenated alkanes) is 1. The normalized spacial score (nSPS) is 11.5. The molecular weight excluding hydrogens is 318 g/mol. The molecule has 142 valence electrons. The summed E-state index contributed by atoms with van der Waals surface area (Å²) in [6.45, 7) is 7.56. The summed E-state index contributed by atoms with van der Waals surface area (Å²) in [6, 6.07) is 10.2. The van der Waals surface area contributed by atoms with Gasteiger partial charge in [-0.05, 0) is 12.0 Å². The monoisotopic (exact) mass is 351 g/mol. The average molecular weight is 351 g/mol. The average Bonchev–Trinajstić information content (AvgIpc) is 2.65. The van der Waals surface area contributed by atoms with Crippen molar-refractivity contribution in [1.82, 2.24) is 10.6 Å². The fourth-order valence-electron chi connectivity index (χ4n) is 2.04. The number of ether oxygens (including phenoxy) is 3. The summed E-state index contributed by atoms with van der Waals surface area (Å²) in [6.07, 6.45) is 2.27. The van der Waals surface area contributed by atoms with Gasteiger partial charge in [-0.2, -0.15) is 0 Å². The fraction of sp³-hybridized carbons (Fsp3) is 0.632. The Morgan fingerprint density at radius 2 is 1.52 bits per heavy atom. The smallest absolute Gasteiger partial charge is 0.191 e. The second-order valence-corrected chi connectivity index (χ2v) is 5.54. The van der Waals surface area contributed by atoms with E-state index in [1.54, 1.807) is 7.05 Å². The molecule has 0 heterocycles. The Kier molecular flexibility index (Phi) is 13.6. The topological polar surface area (TPSA) is 64.1 Å². The van der Waals surface area contributed by atoms with Crippen LogP contribution >= 0.6 is 0 Å². The molecule has 1 aromatic rings. The van der Waals surface area contributed by atoms with Crippen LogP contribution in [0.15, 0.2) is 35.3 Å². The largest absolute Gasteiger partial charge is 0.379 e. The van der Waals surface area contributed by atoms with Gasteiger partial charge in [0.15, 0.2) is 5.96 Å². The molecule has 6 nitrogen and oxygen atoms in total. The lowest BCUT2D eigenvalue weighted by molar-refractivity contribution is 0.0487. The zero-order chi connectivity index (χ0) is 18.0. The number of nitrogens with one attached hydrogen (secondary N) is 2. The number of aliphatic imine (C=N–C) groups is 1. The molecular formula is C19H33N3O3. The molecule has 1 aromatic carbocycles. The van der Waals surface area contributed by atoms with Gasteiger partial charge in [0, 0.05) is 26.7 Å². The first kappa shape index (κ1) is 21.4. The molecule has 0 fully saturated rings. The van der Waals surface area contributed by atoms with Crippen LogP contribution in [0.4, 0.5) is 0 Å². The first-order valence-electron chi connectivity index (χ1n) is 9.08. The summed E-state index contributed by atoms with van der Waals surface area (Å²) in [5, 5.41) is 6.42. The van der Waals surface area contributed by atoms with Crippen LogP contribution in [-0.2, 0) is 20.8 Å². The van der Waals surface area contributed by atoms with Crippen molar-refractivity contribution in [2.24, 2.45) is 4.99 Å². The van der Waals surface area contributed by atoms with E-state index in [0.717, 1.165) is 25.4 Å². The van der Waals surface area contributed by atoms with Crippen molar-refractivity contribution in [2.75, 3.05) is 53.2 Å². The summed E-state index contributed by atoms with van der Waals surface area (Å²) in [4.78, 5) is 4.17. The van der Waals surface area contributed by atoms with E-state index < -0.39 is 0 Å². The van der Waals surface area contributed by atoms with E-state index >= 15 is 0 Å². The fourth-order valence-corrected chi connectivity index (χ4v) is 2.04. The molecule has 0 aromatic heterocycles. The maximum absolute atomic E-state index is 5.63. The standard InChI is InChI=1S/C19H33N3O3/c1-3-4-12-23-15-16-24-13-10-21-19(20-2)22-11-14-25-17-18-8-6-5-7-9-18/h5-9H,3-4,10-17H2,1-2H3,(H2,20,21,22). The first-order valence-corrected chi connectivity index (χ1v) is 9.08. The molecule has 6 heteroatoms. The summed E-state index contributed by atoms with van der Waals surface area (Å²) in [5.74, 6) is 0.756. The van der Waals surface area contributed by atoms with E-state index in [-0.39, 0.29) is 0 Å². The summed E-state index contributed by atoms with van der Waals surface area (Å²) < 4.78 is 16.6. The Balaban J connectivity index is 1.92. The number of nitrogens with zero attached hydrogens (tertiary/aromatic N) is 1. The van der Waals surface area contributed by atoms with E-state index in [4.69, 9.17) is 14.2 Å². The Morgan fingerprint density at radius 1 is 0.880 bits per heavy atom. The minimum absolute atomic E-state index is 0.626. The molecule has 0 saturated carbocycles. The summed E-state index contributed by atoms with van der Waals surface area (Å²) >= 11 is 0. The van der Waals surface area contributed by atoms with Crippen molar-refractivity contribution in [3.8, 4) is 0 Å². The molecule has 0 amide bonds. The Labute approximate surface area is 152 Å². The van der Waals surface area contributed by atoms with Crippen LogP contribution in [0.2, 0.25) is 0 Å². The summed E-state index contributed by atoms with van der Waals surface area (Å²) in [5.41, 5.74) is 1.18. The van der Waals surface area contributed by atoms with E-state index in [0.29, 0.717) is 46.1 Å². The second kappa shape index (κ2) is 15.9. The van der Waals surface area contributed by atoms with Gasteiger partial charge in [-0.25, -0.2) is 0 Å². The second-order valence-electron chi connectivity index (χ2n) is 5.54. The predicted octanol–water partition coefficient (Wildman–Crippen LogP) is 2.20. The quantitative estimate of drug-likeness (QED) is 0.306. The van der Waals surface area contributed by atoms with Crippen molar-refractivity contribution in [3.63, 3.8) is 0 Å². The number of benzene rings is 1. The highest BCUT2D eigenvalue weighted by atomic mass is 16.5. The van der Waals surface area contributed by atoms with Crippen molar-refractivity contribution in [2.45, 2.75) is 26.4 Å². The van der Waals surface area contributed by atoms with Gasteiger partial charge in [-0.1, -0.05) is 43.7 Å². The highest BCUT2D eigenvalue weighted by Gasteiger charge is 1.97. The predicted molar refractivity (Wildman–Crippen MR) is 102 cm³/mol. The lowest BCUT2D eigenvalue weighted by Crippen LogP contribution is -2.40. The molecule has 1 rings (SSSR count). The van der Waals surface area contributed by atoms with Gasteiger partial charge in [0.1, 0.15) is 0 Å². The van der Waals surface area contributed by atoms with E-state index in [2.05, 4.69) is 34.7 Å². The van der Waals surface area contributed by atoms with Crippen LogP contribution < -0.4 is 10.6 Å². The van der Waals surface area contributed by atoms with Crippen molar-refractivity contribution in [3.05, 3.63) is 35.9 Å². The van der Waals surface area contributed by atoms with Crippen LogP contribution in [0, 0.1) is 0 Å². The third-order valence-corrected chi connectivity index (χ3v) is 3.43. The molecule has 0 atom stereocenters. The maximum Gasteiger partial charge on any atom is 0.191 e. The van der Waals surface area contributed by atoms with Gasteiger partial charge in [0.2, 0.25) is 0 Å². The molecule has 2 N–H and O–H groups in total. The minimum Gasteiger partial charge on any atom is -0.379 e. The van der Waals surface area contributed by atoms with Crippen LogP contribution in [0.1, 0.15) is 25.3 Å². The van der Waals surface area contributed by atoms with Crippen molar-refractivity contribution < 1.29 is 14.2 Å². The van der Waals surface area contributed by atoms with Crippen LogP contribution in [-0.4, -0.2) is 59.1 Å². The van der Waals surface area contributed by atoms with E-state index in [9.17, 15) is 0 Å². The Hall–Kier alpha value is -1.63. The number of hydrogen-bond acceptors (Lipinski definition) is 4. The van der Waals surface area contributed by atoms with E-state index in [1.165, 1.54) is 5.56 Å². The van der Waals surface area contributed by atoms with Crippen LogP contribution in [0.5, 0.6) is 0 Å². The molecule has 0 aliphatic rings. The van der Waals surface area contributed by atoms with Crippen molar-refractivity contribution in [1.29, 1.82) is 0 Å².